The number of carbonyl (C=O) groups excluding carboxylic acids is 1. The lowest BCUT2D eigenvalue weighted by Crippen LogP contribution is -2.38. The van der Waals surface area contributed by atoms with Crippen LogP contribution in [0.5, 0.6) is 0 Å². The zero-order valence-corrected chi connectivity index (χ0v) is 17.0. The van der Waals surface area contributed by atoms with Gasteiger partial charge in [-0.15, -0.1) is 0 Å². The van der Waals surface area contributed by atoms with Crippen LogP contribution in [0.4, 0.5) is 5.69 Å². The average Bonchev–Trinajstić information content (AvgIpc) is 2.99. The van der Waals surface area contributed by atoms with Gasteiger partial charge < -0.3 is 20.1 Å². The zero-order valence-electron chi connectivity index (χ0n) is 17.0. The number of aryl methyl sites for hydroxylation is 1. The Morgan fingerprint density at radius 3 is 2.67 bits per heavy atom. The number of carbonyl (C=O) groups is 1. The van der Waals surface area contributed by atoms with E-state index in [2.05, 4.69) is 31.2 Å². The highest BCUT2D eigenvalue weighted by molar-refractivity contribution is 5.90. The van der Waals surface area contributed by atoms with Crippen LogP contribution in [0, 0.1) is 5.92 Å². The van der Waals surface area contributed by atoms with Gasteiger partial charge in [0.25, 0.3) is 0 Å². The van der Waals surface area contributed by atoms with Gasteiger partial charge in [0.05, 0.1) is 6.54 Å². The van der Waals surface area contributed by atoms with E-state index in [1.165, 1.54) is 5.69 Å². The van der Waals surface area contributed by atoms with Crippen LogP contribution >= 0.6 is 0 Å². The largest absolute Gasteiger partial charge is 0.353 e. The molecule has 2 N–H and O–H groups in total. The third-order valence-corrected chi connectivity index (χ3v) is 4.28. The third-order valence-electron chi connectivity index (χ3n) is 4.28. The Balaban J connectivity index is 1.93. The molecule has 146 valence electrons. The van der Waals surface area contributed by atoms with Crippen molar-refractivity contribution in [2.24, 2.45) is 18.0 Å². The Bertz CT molecular complexity index is 778. The molecule has 0 saturated heterocycles. The van der Waals surface area contributed by atoms with Crippen LogP contribution in [0.2, 0.25) is 0 Å². The lowest BCUT2D eigenvalue weighted by atomic mass is 10.1. The summed E-state index contributed by atoms with van der Waals surface area (Å²) >= 11 is 0. The molecular formula is C21H31N5O. The molecule has 0 spiro atoms. The number of hydrogen-bond donors (Lipinski definition) is 2. The Morgan fingerprint density at radius 1 is 1.26 bits per heavy atom. The molecule has 0 saturated carbocycles. The molecule has 0 bridgehead atoms. The molecule has 0 fully saturated rings. The second kappa shape index (κ2) is 9.80. The first-order chi connectivity index (χ1) is 12.9. The van der Waals surface area contributed by atoms with Gasteiger partial charge in [0.2, 0.25) is 5.91 Å². The number of benzene rings is 1. The van der Waals surface area contributed by atoms with Crippen LogP contribution < -0.4 is 10.6 Å². The minimum atomic E-state index is 0.0493. The highest BCUT2D eigenvalue weighted by Gasteiger charge is 2.09. The lowest BCUT2D eigenvalue weighted by Gasteiger charge is -2.22. The molecule has 1 aromatic heterocycles. The Kier molecular flexibility index (Phi) is 7.46. The van der Waals surface area contributed by atoms with Crippen molar-refractivity contribution in [1.29, 1.82) is 0 Å². The van der Waals surface area contributed by atoms with Crippen LogP contribution in [-0.4, -0.2) is 35.4 Å². The van der Waals surface area contributed by atoms with E-state index in [-0.39, 0.29) is 5.91 Å². The van der Waals surface area contributed by atoms with Crippen LogP contribution in [0.25, 0.3) is 0 Å². The number of nitrogens with zero attached hydrogens (tertiary/aromatic N) is 3. The maximum absolute atomic E-state index is 12.0. The Morgan fingerprint density at radius 2 is 2.04 bits per heavy atom. The normalized spacial score (nSPS) is 11.6. The first-order valence-corrected chi connectivity index (χ1v) is 9.29. The number of guanidine groups is 1. The van der Waals surface area contributed by atoms with Gasteiger partial charge >= 0.3 is 0 Å². The predicted octanol–water partition coefficient (Wildman–Crippen LogP) is 3.22. The molecule has 0 unspecified atom stereocenters. The first-order valence-electron chi connectivity index (χ1n) is 9.29. The van der Waals surface area contributed by atoms with E-state index in [1.807, 2.05) is 64.5 Å². The van der Waals surface area contributed by atoms with Gasteiger partial charge in [-0.2, -0.15) is 0 Å². The van der Waals surface area contributed by atoms with Crippen molar-refractivity contribution in [3.63, 3.8) is 0 Å². The number of amides is 1. The summed E-state index contributed by atoms with van der Waals surface area (Å²) in [4.78, 5) is 18.4. The molecule has 27 heavy (non-hydrogen) atoms. The summed E-state index contributed by atoms with van der Waals surface area (Å²) < 4.78 is 2.10. The summed E-state index contributed by atoms with van der Waals surface area (Å²) in [6.07, 6.45) is 2.57. The molecule has 0 aliphatic carbocycles. The minimum Gasteiger partial charge on any atom is -0.353 e. The van der Waals surface area contributed by atoms with Crippen LogP contribution in [0.1, 0.15) is 31.5 Å². The number of hydrogen-bond acceptors (Lipinski definition) is 2. The molecule has 1 heterocycles. The van der Waals surface area contributed by atoms with Gasteiger partial charge in [-0.05, 0) is 35.7 Å². The molecule has 0 atom stereocenters. The monoisotopic (exact) mass is 369 g/mol. The molecule has 2 aromatic rings. The second-order valence-electron chi connectivity index (χ2n) is 7.21. The molecule has 1 amide bonds. The molecule has 0 aliphatic heterocycles. The smallest absolute Gasteiger partial charge is 0.224 e. The highest BCUT2D eigenvalue weighted by atomic mass is 16.1. The number of nitrogens with one attached hydrogen (secondary N) is 2. The topological polar surface area (TPSA) is 61.7 Å². The van der Waals surface area contributed by atoms with Crippen LogP contribution in [0.15, 0.2) is 47.6 Å². The highest BCUT2D eigenvalue weighted by Crippen LogP contribution is 2.12. The first kappa shape index (κ1) is 20.6. The minimum absolute atomic E-state index is 0.0493. The van der Waals surface area contributed by atoms with Crippen molar-refractivity contribution in [3.8, 4) is 0 Å². The summed E-state index contributed by atoms with van der Waals surface area (Å²) in [5.41, 5.74) is 3.13. The van der Waals surface area contributed by atoms with E-state index >= 15 is 0 Å². The summed E-state index contributed by atoms with van der Waals surface area (Å²) in [5, 5.41) is 6.35. The van der Waals surface area contributed by atoms with Crippen LogP contribution in [-0.2, 0) is 24.9 Å². The summed E-state index contributed by atoms with van der Waals surface area (Å²) in [6.45, 7) is 5.49. The van der Waals surface area contributed by atoms with Gasteiger partial charge in [0.1, 0.15) is 0 Å². The van der Waals surface area contributed by atoms with Crippen molar-refractivity contribution >= 4 is 17.6 Å². The quantitative estimate of drug-likeness (QED) is 0.582. The maximum Gasteiger partial charge on any atom is 0.224 e. The van der Waals surface area contributed by atoms with Crippen molar-refractivity contribution in [2.45, 2.75) is 33.4 Å². The number of rotatable bonds is 7. The fourth-order valence-electron chi connectivity index (χ4n) is 2.89. The van der Waals surface area contributed by atoms with Crippen molar-refractivity contribution in [1.82, 2.24) is 14.8 Å². The van der Waals surface area contributed by atoms with E-state index < -0.39 is 0 Å². The van der Waals surface area contributed by atoms with Gasteiger partial charge in [-0.3, -0.25) is 9.79 Å². The van der Waals surface area contributed by atoms with Crippen LogP contribution in [0.3, 0.4) is 0 Å². The number of aliphatic imine (C=N–C) groups is 1. The Labute approximate surface area is 162 Å². The SMILES string of the molecule is CN=C(NCc1cccc(NC(=O)CC(C)C)c1)N(C)Cc1cccn1C. The lowest BCUT2D eigenvalue weighted by molar-refractivity contribution is -0.116. The summed E-state index contributed by atoms with van der Waals surface area (Å²) in [6, 6.07) is 12.0. The Hall–Kier alpha value is -2.76. The number of aromatic nitrogens is 1. The number of anilines is 1. The van der Waals surface area contributed by atoms with Gasteiger partial charge in [0.15, 0.2) is 5.96 Å². The van der Waals surface area contributed by atoms with Gasteiger partial charge in [-0.1, -0.05) is 26.0 Å². The molecular weight excluding hydrogens is 338 g/mol. The average molecular weight is 370 g/mol. The fourth-order valence-corrected chi connectivity index (χ4v) is 2.89. The fraction of sp³-hybridized carbons (Fsp3) is 0.429. The summed E-state index contributed by atoms with van der Waals surface area (Å²) in [5.74, 6) is 1.22. The summed E-state index contributed by atoms with van der Waals surface area (Å²) in [7, 11) is 5.84. The van der Waals surface area contributed by atoms with Crippen molar-refractivity contribution < 1.29 is 4.79 Å². The zero-order chi connectivity index (χ0) is 19.8. The van der Waals surface area contributed by atoms with E-state index in [9.17, 15) is 4.79 Å². The van der Waals surface area contributed by atoms with Crippen molar-refractivity contribution in [3.05, 3.63) is 53.9 Å². The van der Waals surface area contributed by atoms with E-state index in [4.69, 9.17) is 0 Å². The molecule has 0 radical (unpaired) electrons. The molecule has 6 nitrogen and oxygen atoms in total. The van der Waals surface area contributed by atoms with Crippen molar-refractivity contribution in [2.75, 3.05) is 19.4 Å². The maximum atomic E-state index is 12.0. The van der Waals surface area contributed by atoms with E-state index in [0.717, 1.165) is 23.8 Å². The molecule has 2 rings (SSSR count). The second-order valence-corrected chi connectivity index (χ2v) is 7.21. The predicted molar refractivity (Wildman–Crippen MR) is 112 cm³/mol. The standard InChI is InChI=1S/C21H31N5O/c1-16(2)12-20(27)24-18-9-6-8-17(13-18)14-23-21(22-3)26(5)15-19-10-7-11-25(19)4/h6-11,13,16H,12,14-15H2,1-5H3,(H,22,23)(H,24,27). The van der Waals surface area contributed by atoms with Gasteiger partial charge in [0, 0.05) is 51.7 Å². The van der Waals surface area contributed by atoms with E-state index in [1.54, 1.807) is 7.05 Å². The van der Waals surface area contributed by atoms with Gasteiger partial charge in [-0.25, -0.2) is 0 Å². The van der Waals surface area contributed by atoms with E-state index in [0.29, 0.717) is 18.9 Å². The molecule has 6 heteroatoms. The third kappa shape index (κ3) is 6.47. The molecule has 1 aromatic carbocycles. The molecule has 0 aliphatic rings.